The lowest BCUT2D eigenvalue weighted by Crippen LogP contribution is -2.20. The fourth-order valence-corrected chi connectivity index (χ4v) is 3.18. The lowest BCUT2D eigenvalue weighted by atomic mass is 9.95. The van der Waals surface area contributed by atoms with E-state index in [1.807, 2.05) is 0 Å². The second-order valence-corrected chi connectivity index (χ2v) is 7.34. The number of hydrogen-bond acceptors (Lipinski definition) is 7. The second-order valence-electron chi connectivity index (χ2n) is 7.34. The predicted octanol–water partition coefficient (Wildman–Crippen LogP) is 2.08. The largest absolute Gasteiger partial charge is 0.507 e. The van der Waals surface area contributed by atoms with Gasteiger partial charge in [-0.15, -0.1) is 0 Å². The number of ketones is 1. The number of hydrogen-bond donors (Lipinski definition) is 3. The Morgan fingerprint density at radius 3 is 2.66 bits per heavy atom. The minimum atomic E-state index is -0.856. The van der Waals surface area contributed by atoms with Crippen molar-refractivity contribution in [1.29, 1.82) is 0 Å². The highest BCUT2D eigenvalue weighted by molar-refractivity contribution is 5.97. The first kappa shape index (κ1) is 26.9. The van der Waals surface area contributed by atoms with Crippen molar-refractivity contribution in [2.75, 3.05) is 13.7 Å². The van der Waals surface area contributed by atoms with E-state index in [-0.39, 0.29) is 42.0 Å². The number of carbonyl (C=O) groups excluding carboxylic acids is 3. The van der Waals surface area contributed by atoms with E-state index in [1.165, 1.54) is 19.2 Å². The van der Waals surface area contributed by atoms with Crippen LogP contribution in [0.3, 0.4) is 0 Å². The van der Waals surface area contributed by atoms with Gasteiger partial charge < -0.3 is 30.5 Å². The van der Waals surface area contributed by atoms with Crippen molar-refractivity contribution in [3.05, 3.63) is 47.1 Å². The minimum absolute atomic E-state index is 0. The molecule has 1 heterocycles. The van der Waals surface area contributed by atoms with Gasteiger partial charge in [0.2, 0.25) is 0 Å². The summed E-state index contributed by atoms with van der Waals surface area (Å²) in [5.74, 6) is -1.09. The highest BCUT2D eigenvalue weighted by Crippen LogP contribution is 2.29. The molecule has 0 aromatic heterocycles. The van der Waals surface area contributed by atoms with Crippen molar-refractivity contribution in [1.82, 2.24) is 5.32 Å². The van der Waals surface area contributed by atoms with Crippen molar-refractivity contribution in [2.45, 2.75) is 51.2 Å². The average molecular weight is 450 g/mol. The van der Waals surface area contributed by atoms with Crippen LogP contribution in [0.1, 0.15) is 54.1 Å². The molecular formula is C23H31NO8. The molecule has 1 aliphatic heterocycles. The molecule has 1 aromatic carbocycles. The number of aryl methyl sites for hydroxylation is 1. The van der Waals surface area contributed by atoms with Gasteiger partial charge in [0.15, 0.2) is 5.78 Å². The standard InChI is InChI=1S/C23H29NO7.H2O/c1-15-6-3-8-17(25)14-18(26)9-4-10-19-16(7-5-13-30-23(29)24-2)11-12-20(27)21(19)22(28)31-15;/h3-4,8,10-12,15,18,26-27H,5-7,9,13-14H2,1-2H3,(H,24,29);1H2/b8-3-,10-4+;/t15-,18-;/m0./s1. The van der Waals surface area contributed by atoms with E-state index in [4.69, 9.17) is 9.47 Å². The molecule has 0 fully saturated rings. The first-order valence-corrected chi connectivity index (χ1v) is 10.3. The number of aliphatic hydroxyl groups excluding tert-OH is 1. The van der Waals surface area contributed by atoms with Gasteiger partial charge in [-0.05, 0) is 49.5 Å². The highest BCUT2D eigenvalue weighted by Gasteiger charge is 2.22. The van der Waals surface area contributed by atoms with E-state index >= 15 is 0 Å². The van der Waals surface area contributed by atoms with E-state index in [1.54, 1.807) is 31.2 Å². The normalized spacial score (nSPS) is 21.2. The van der Waals surface area contributed by atoms with Gasteiger partial charge in [-0.1, -0.05) is 24.3 Å². The Labute approximate surface area is 187 Å². The molecule has 9 heteroatoms. The number of ether oxygens (including phenoxy) is 2. The monoisotopic (exact) mass is 449 g/mol. The molecule has 0 saturated carbocycles. The van der Waals surface area contributed by atoms with Crippen LogP contribution in [0.15, 0.2) is 30.4 Å². The van der Waals surface area contributed by atoms with Crippen LogP contribution in [0.2, 0.25) is 0 Å². The van der Waals surface area contributed by atoms with Crippen molar-refractivity contribution < 1.29 is 39.5 Å². The summed E-state index contributed by atoms with van der Waals surface area (Å²) in [4.78, 5) is 35.9. The number of fused-ring (bicyclic) bond motifs is 1. The van der Waals surface area contributed by atoms with Crippen LogP contribution in [-0.4, -0.2) is 59.4 Å². The second kappa shape index (κ2) is 13.3. The third kappa shape index (κ3) is 8.16. The quantitative estimate of drug-likeness (QED) is 0.470. The third-order valence-corrected chi connectivity index (χ3v) is 4.76. The van der Waals surface area contributed by atoms with Crippen molar-refractivity contribution >= 4 is 23.9 Å². The molecule has 0 radical (unpaired) electrons. The molecule has 2 atom stereocenters. The van der Waals surface area contributed by atoms with Gasteiger partial charge >= 0.3 is 12.1 Å². The molecule has 1 aromatic rings. The minimum Gasteiger partial charge on any atom is -0.507 e. The summed E-state index contributed by atoms with van der Waals surface area (Å²) < 4.78 is 10.5. The molecule has 1 amide bonds. The summed E-state index contributed by atoms with van der Waals surface area (Å²) in [6.45, 7) is 1.88. The number of phenols is 1. The first-order valence-electron chi connectivity index (χ1n) is 10.3. The number of aliphatic hydroxyl groups is 1. The van der Waals surface area contributed by atoms with Crippen LogP contribution in [0, 0.1) is 0 Å². The number of nitrogens with one attached hydrogen (secondary N) is 1. The number of esters is 1. The molecule has 0 unspecified atom stereocenters. The lowest BCUT2D eigenvalue weighted by molar-refractivity contribution is -0.116. The molecule has 176 valence electrons. The third-order valence-electron chi connectivity index (χ3n) is 4.76. The van der Waals surface area contributed by atoms with Gasteiger partial charge in [-0.2, -0.15) is 0 Å². The molecule has 0 saturated heterocycles. The topological polar surface area (TPSA) is 154 Å². The highest BCUT2D eigenvalue weighted by atomic mass is 16.5. The zero-order valence-electron chi connectivity index (χ0n) is 18.3. The van der Waals surface area contributed by atoms with Crippen molar-refractivity contribution in [2.24, 2.45) is 0 Å². The van der Waals surface area contributed by atoms with Gasteiger partial charge in [0, 0.05) is 19.9 Å². The summed E-state index contributed by atoms with van der Waals surface area (Å²) >= 11 is 0. The number of alkyl carbamates (subject to hydrolysis) is 1. The van der Waals surface area contributed by atoms with Crippen molar-refractivity contribution in [3.63, 3.8) is 0 Å². The Morgan fingerprint density at radius 1 is 1.22 bits per heavy atom. The Bertz CT molecular complexity index is 862. The van der Waals surface area contributed by atoms with E-state index in [0.29, 0.717) is 24.8 Å². The Hall–Kier alpha value is -3.17. The summed E-state index contributed by atoms with van der Waals surface area (Å²) in [5, 5.41) is 22.9. The van der Waals surface area contributed by atoms with Crippen LogP contribution in [-0.2, 0) is 20.7 Å². The van der Waals surface area contributed by atoms with E-state index in [0.717, 1.165) is 5.56 Å². The molecule has 0 bridgehead atoms. The lowest BCUT2D eigenvalue weighted by Gasteiger charge is -2.17. The Balaban J connectivity index is 0.00000512. The number of benzene rings is 1. The van der Waals surface area contributed by atoms with Crippen LogP contribution >= 0.6 is 0 Å². The molecule has 5 N–H and O–H groups in total. The molecule has 0 aliphatic carbocycles. The summed E-state index contributed by atoms with van der Waals surface area (Å²) in [7, 11) is 1.47. The number of phenolic OH excluding ortho intramolecular Hbond substituents is 1. The summed E-state index contributed by atoms with van der Waals surface area (Å²) in [5.41, 5.74) is 1.27. The van der Waals surface area contributed by atoms with Gasteiger partial charge in [0.05, 0.1) is 12.7 Å². The number of amides is 1. The van der Waals surface area contributed by atoms with Gasteiger partial charge in [-0.3, -0.25) is 4.79 Å². The maximum Gasteiger partial charge on any atom is 0.406 e. The molecule has 9 nitrogen and oxygen atoms in total. The number of aromatic hydroxyl groups is 1. The molecule has 2 rings (SSSR count). The SMILES string of the molecule is CNC(=O)OCCCc1ccc(O)c2c1/C=C/C[C@H](O)CC(=O)/C=C\C[C@H](C)OC2=O.O. The predicted molar refractivity (Wildman–Crippen MR) is 118 cm³/mol. The van der Waals surface area contributed by atoms with Crippen molar-refractivity contribution in [3.8, 4) is 5.75 Å². The summed E-state index contributed by atoms with van der Waals surface area (Å²) in [6, 6.07) is 3.13. The van der Waals surface area contributed by atoms with Crippen LogP contribution in [0.25, 0.3) is 6.08 Å². The number of allylic oxidation sites excluding steroid dienone is 1. The van der Waals surface area contributed by atoms with Gasteiger partial charge in [-0.25, -0.2) is 9.59 Å². The van der Waals surface area contributed by atoms with Crippen LogP contribution in [0.4, 0.5) is 4.79 Å². The maximum atomic E-state index is 12.8. The number of carbonyl (C=O) groups is 3. The van der Waals surface area contributed by atoms with Crippen LogP contribution < -0.4 is 5.32 Å². The zero-order chi connectivity index (χ0) is 22.8. The zero-order valence-corrected chi connectivity index (χ0v) is 18.3. The van der Waals surface area contributed by atoms with E-state index in [9.17, 15) is 24.6 Å². The Morgan fingerprint density at radius 2 is 1.94 bits per heavy atom. The molecule has 0 spiro atoms. The van der Waals surface area contributed by atoms with E-state index < -0.39 is 24.3 Å². The maximum absolute atomic E-state index is 12.8. The smallest absolute Gasteiger partial charge is 0.406 e. The fourth-order valence-electron chi connectivity index (χ4n) is 3.18. The Kier molecular flexibility index (Phi) is 11.2. The van der Waals surface area contributed by atoms with E-state index in [2.05, 4.69) is 5.32 Å². The molecule has 32 heavy (non-hydrogen) atoms. The number of rotatable bonds is 4. The number of cyclic esters (lactones) is 1. The van der Waals surface area contributed by atoms with Gasteiger partial charge in [0.1, 0.15) is 17.4 Å². The first-order chi connectivity index (χ1) is 14.8. The average Bonchev–Trinajstić information content (AvgIpc) is 2.71. The summed E-state index contributed by atoms with van der Waals surface area (Å²) in [6.07, 6.45) is 5.92. The molecular weight excluding hydrogens is 418 g/mol. The molecule has 1 aliphatic rings. The fraction of sp³-hybridized carbons (Fsp3) is 0.435. The van der Waals surface area contributed by atoms with Gasteiger partial charge in [0.25, 0.3) is 0 Å². The van der Waals surface area contributed by atoms with Crippen LogP contribution in [0.5, 0.6) is 5.75 Å².